The summed E-state index contributed by atoms with van der Waals surface area (Å²) in [5.41, 5.74) is 0.960. The normalized spacial score (nSPS) is 18.4. The Morgan fingerprint density at radius 2 is 2.32 bits per heavy atom. The minimum absolute atomic E-state index is 0.298. The Bertz CT molecular complexity index is 416. The fraction of sp³-hybridized carbons (Fsp3) is 0.500. The quantitative estimate of drug-likeness (QED) is 0.780. The number of hydrogen-bond acceptors (Lipinski definition) is 4. The highest BCUT2D eigenvalue weighted by molar-refractivity contribution is 5.68. The Balaban J connectivity index is 1.82. The van der Waals surface area contributed by atoms with E-state index in [1.807, 2.05) is 18.2 Å². The van der Waals surface area contributed by atoms with Crippen LogP contribution in [0.3, 0.4) is 0 Å². The van der Waals surface area contributed by atoms with Gasteiger partial charge in [0, 0.05) is 25.3 Å². The number of carboxylic acid groups (broad SMARTS) is 1. The van der Waals surface area contributed by atoms with Crippen molar-refractivity contribution in [2.45, 2.75) is 25.5 Å². The van der Waals surface area contributed by atoms with E-state index < -0.39 is 5.97 Å². The van der Waals surface area contributed by atoms with Crippen molar-refractivity contribution < 1.29 is 19.4 Å². The number of ether oxygens (including phenoxy) is 2. The molecule has 0 saturated carbocycles. The fourth-order valence-corrected chi connectivity index (χ4v) is 2.10. The molecular formula is C14H19NO4. The average Bonchev–Trinajstić information content (AvgIpc) is 2.91. The molecule has 2 rings (SSSR count). The Hall–Kier alpha value is -1.59. The van der Waals surface area contributed by atoms with Gasteiger partial charge in [0.1, 0.15) is 5.75 Å². The lowest BCUT2D eigenvalue weighted by molar-refractivity contribution is -0.139. The van der Waals surface area contributed by atoms with E-state index in [1.165, 1.54) is 0 Å². The second kappa shape index (κ2) is 7.11. The largest absolute Gasteiger partial charge is 0.482 e. The molecule has 2 N–H and O–H groups in total. The first-order valence-electron chi connectivity index (χ1n) is 6.50. The van der Waals surface area contributed by atoms with Crippen LogP contribution in [0.15, 0.2) is 24.3 Å². The van der Waals surface area contributed by atoms with Crippen LogP contribution in [0, 0.1) is 0 Å². The first kappa shape index (κ1) is 13.8. The zero-order valence-corrected chi connectivity index (χ0v) is 10.8. The summed E-state index contributed by atoms with van der Waals surface area (Å²) in [6.07, 6.45) is 2.53. The van der Waals surface area contributed by atoms with Gasteiger partial charge in [0.15, 0.2) is 6.61 Å². The van der Waals surface area contributed by atoms with Gasteiger partial charge in [0.05, 0.1) is 6.10 Å². The van der Waals surface area contributed by atoms with Crippen LogP contribution >= 0.6 is 0 Å². The number of hydrogen-bond donors (Lipinski definition) is 2. The van der Waals surface area contributed by atoms with E-state index in [0.29, 0.717) is 18.4 Å². The molecule has 104 valence electrons. The zero-order chi connectivity index (χ0) is 13.5. The van der Waals surface area contributed by atoms with Crippen LogP contribution in [-0.2, 0) is 16.1 Å². The first-order valence-corrected chi connectivity index (χ1v) is 6.50. The van der Waals surface area contributed by atoms with E-state index in [-0.39, 0.29) is 6.61 Å². The van der Waals surface area contributed by atoms with Crippen molar-refractivity contribution in [1.29, 1.82) is 0 Å². The average molecular weight is 265 g/mol. The standard InChI is InChI=1S/C14H19NO4/c16-14(17)10-19-13-6-2-1-4-11(13)8-15-9-12-5-3-7-18-12/h1-2,4,6,12,15H,3,5,7-10H2,(H,16,17)/t12-/m0/s1. The molecular weight excluding hydrogens is 246 g/mol. The van der Waals surface area contributed by atoms with Crippen molar-refractivity contribution in [3.63, 3.8) is 0 Å². The highest BCUT2D eigenvalue weighted by atomic mass is 16.5. The van der Waals surface area contributed by atoms with Crippen molar-refractivity contribution in [2.75, 3.05) is 19.8 Å². The van der Waals surface area contributed by atoms with Crippen LogP contribution in [0.25, 0.3) is 0 Å². The molecule has 0 amide bonds. The molecule has 0 bridgehead atoms. The highest BCUT2D eigenvalue weighted by Crippen LogP contribution is 2.18. The van der Waals surface area contributed by atoms with Crippen LogP contribution in [0.1, 0.15) is 18.4 Å². The van der Waals surface area contributed by atoms with Crippen molar-refractivity contribution >= 4 is 5.97 Å². The minimum atomic E-state index is -0.970. The predicted octanol–water partition coefficient (Wildman–Crippen LogP) is 1.42. The Morgan fingerprint density at radius 1 is 1.47 bits per heavy atom. The molecule has 0 unspecified atom stereocenters. The molecule has 1 saturated heterocycles. The lowest BCUT2D eigenvalue weighted by Crippen LogP contribution is -2.26. The van der Waals surface area contributed by atoms with Gasteiger partial charge in [-0.25, -0.2) is 4.79 Å². The van der Waals surface area contributed by atoms with Gasteiger partial charge in [-0.2, -0.15) is 0 Å². The second-order valence-corrected chi connectivity index (χ2v) is 4.56. The molecule has 1 aromatic rings. The van der Waals surface area contributed by atoms with Gasteiger partial charge in [-0.05, 0) is 18.9 Å². The predicted molar refractivity (Wildman–Crippen MR) is 70.3 cm³/mol. The van der Waals surface area contributed by atoms with E-state index in [1.54, 1.807) is 6.07 Å². The van der Waals surface area contributed by atoms with E-state index in [9.17, 15) is 4.79 Å². The minimum Gasteiger partial charge on any atom is -0.482 e. The first-order chi connectivity index (χ1) is 9.25. The van der Waals surface area contributed by atoms with Crippen molar-refractivity contribution in [3.8, 4) is 5.75 Å². The van der Waals surface area contributed by atoms with E-state index >= 15 is 0 Å². The van der Waals surface area contributed by atoms with Crippen LogP contribution in [0.2, 0.25) is 0 Å². The summed E-state index contributed by atoms with van der Waals surface area (Å²) in [5.74, 6) is -0.355. The summed E-state index contributed by atoms with van der Waals surface area (Å²) in [7, 11) is 0. The monoisotopic (exact) mass is 265 g/mol. The van der Waals surface area contributed by atoms with Crippen molar-refractivity contribution in [3.05, 3.63) is 29.8 Å². The summed E-state index contributed by atoms with van der Waals surface area (Å²) in [6.45, 7) is 2.00. The highest BCUT2D eigenvalue weighted by Gasteiger charge is 2.14. The molecule has 0 aromatic heterocycles. The Morgan fingerprint density at radius 3 is 3.05 bits per heavy atom. The molecule has 1 aromatic carbocycles. The Labute approximate surface area is 112 Å². The van der Waals surface area contributed by atoms with E-state index in [4.69, 9.17) is 14.6 Å². The SMILES string of the molecule is O=C(O)COc1ccccc1CNC[C@@H]1CCCO1. The topological polar surface area (TPSA) is 67.8 Å². The lowest BCUT2D eigenvalue weighted by atomic mass is 10.2. The van der Waals surface area contributed by atoms with Gasteiger partial charge in [-0.3, -0.25) is 0 Å². The van der Waals surface area contributed by atoms with Crippen LogP contribution in [-0.4, -0.2) is 36.9 Å². The van der Waals surface area contributed by atoms with Gasteiger partial charge >= 0.3 is 5.97 Å². The van der Waals surface area contributed by atoms with Gasteiger partial charge in [0.2, 0.25) is 0 Å². The van der Waals surface area contributed by atoms with Crippen LogP contribution in [0.5, 0.6) is 5.75 Å². The van der Waals surface area contributed by atoms with Gasteiger partial charge in [0.25, 0.3) is 0 Å². The molecule has 1 fully saturated rings. The summed E-state index contributed by atoms with van der Waals surface area (Å²) in [5, 5.41) is 11.9. The number of benzene rings is 1. The molecule has 1 heterocycles. The smallest absolute Gasteiger partial charge is 0.341 e. The third-order valence-corrected chi connectivity index (χ3v) is 3.04. The molecule has 5 nitrogen and oxygen atoms in total. The van der Waals surface area contributed by atoms with E-state index in [0.717, 1.165) is 31.6 Å². The number of rotatable bonds is 7. The maximum absolute atomic E-state index is 10.5. The lowest BCUT2D eigenvalue weighted by Gasteiger charge is -2.13. The number of carbonyl (C=O) groups is 1. The van der Waals surface area contributed by atoms with Crippen molar-refractivity contribution in [2.24, 2.45) is 0 Å². The molecule has 1 aliphatic heterocycles. The fourth-order valence-electron chi connectivity index (χ4n) is 2.10. The maximum atomic E-state index is 10.5. The number of carboxylic acids is 1. The third-order valence-electron chi connectivity index (χ3n) is 3.04. The van der Waals surface area contributed by atoms with Crippen molar-refractivity contribution in [1.82, 2.24) is 5.32 Å². The van der Waals surface area contributed by atoms with E-state index in [2.05, 4.69) is 5.32 Å². The zero-order valence-electron chi connectivity index (χ0n) is 10.8. The Kier molecular flexibility index (Phi) is 5.18. The van der Waals surface area contributed by atoms with Gasteiger partial charge < -0.3 is 19.9 Å². The number of para-hydroxylation sites is 1. The molecule has 1 atom stereocenters. The molecule has 5 heteroatoms. The molecule has 19 heavy (non-hydrogen) atoms. The molecule has 1 aliphatic rings. The molecule has 0 radical (unpaired) electrons. The summed E-state index contributed by atoms with van der Waals surface area (Å²) in [4.78, 5) is 10.5. The van der Waals surface area contributed by atoms with Gasteiger partial charge in [-0.1, -0.05) is 18.2 Å². The second-order valence-electron chi connectivity index (χ2n) is 4.56. The third kappa shape index (κ3) is 4.54. The molecule has 0 spiro atoms. The van der Waals surface area contributed by atoms with Gasteiger partial charge in [-0.15, -0.1) is 0 Å². The van der Waals surface area contributed by atoms with Crippen LogP contribution in [0.4, 0.5) is 0 Å². The number of aliphatic carboxylic acids is 1. The van der Waals surface area contributed by atoms with Crippen LogP contribution < -0.4 is 10.1 Å². The molecule has 0 aliphatic carbocycles. The summed E-state index contributed by atoms with van der Waals surface area (Å²) >= 11 is 0. The summed E-state index contributed by atoms with van der Waals surface area (Å²) in [6, 6.07) is 7.46. The summed E-state index contributed by atoms with van der Waals surface area (Å²) < 4.78 is 10.8. The maximum Gasteiger partial charge on any atom is 0.341 e. The number of nitrogens with one attached hydrogen (secondary N) is 1.